The van der Waals surface area contributed by atoms with E-state index in [1.165, 1.54) is 6.07 Å². The predicted molar refractivity (Wildman–Crippen MR) is 137 cm³/mol. The van der Waals surface area contributed by atoms with E-state index in [1.807, 2.05) is 31.3 Å². The smallest absolute Gasteiger partial charge is 0.263 e. The molecule has 3 aromatic rings. The second-order valence-corrected chi connectivity index (χ2v) is 11.0. The minimum atomic E-state index is -3.92. The number of rotatable bonds is 6. The number of aryl methyl sites for hydroxylation is 2. The molecule has 0 bridgehead atoms. The standard InChI is InChI=1S/C26H28ClN3O4S/c1-17-20(27)7-5-9-25(17)35(31,32)29-26-24(15-19-6-3-4-8-21(19)28-26)34-16-18-10-11-22-23(14-18)33-13-12-30(22)2/h5,7,9-11,14-15H,3-4,6,8,12-13,16H2,1-2H3,(H,28,29). The molecule has 7 nitrogen and oxygen atoms in total. The highest BCUT2D eigenvalue weighted by Gasteiger charge is 2.24. The summed E-state index contributed by atoms with van der Waals surface area (Å²) >= 11 is 6.18. The zero-order valence-corrected chi connectivity index (χ0v) is 21.4. The molecule has 0 atom stereocenters. The van der Waals surface area contributed by atoms with Crippen LogP contribution in [0.5, 0.6) is 11.5 Å². The molecule has 2 heterocycles. The number of pyridine rings is 1. The van der Waals surface area contributed by atoms with Crippen molar-refractivity contribution in [2.24, 2.45) is 0 Å². The van der Waals surface area contributed by atoms with Crippen LogP contribution < -0.4 is 19.1 Å². The second-order valence-electron chi connectivity index (χ2n) is 8.98. The lowest BCUT2D eigenvalue weighted by molar-refractivity contribution is 0.297. The third-order valence-corrected chi connectivity index (χ3v) is 8.41. The summed E-state index contributed by atoms with van der Waals surface area (Å²) in [6.45, 7) is 3.42. The number of anilines is 2. The Morgan fingerprint density at radius 1 is 1.17 bits per heavy atom. The van der Waals surface area contributed by atoms with Crippen molar-refractivity contribution in [2.75, 3.05) is 29.8 Å². The van der Waals surface area contributed by atoms with E-state index in [0.29, 0.717) is 22.9 Å². The number of sulfonamides is 1. The molecule has 184 valence electrons. The van der Waals surface area contributed by atoms with Crippen LogP contribution in [0.4, 0.5) is 11.5 Å². The summed E-state index contributed by atoms with van der Waals surface area (Å²) in [4.78, 5) is 6.96. The number of nitrogens with one attached hydrogen (secondary N) is 1. The summed E-state index contributed by atoms with van der Waals surface area (Å²) in [6.07, 6.45) is 3.83. The molecule has 0 unspecified atom stereocenters. The van der Waals surface area contributed by atoms with Gasteiger partial charge in [-0.1, -0.05) is 23.7 Å². The van der Waals surface area contributed by atoms with E-state index in [4.69, 9.17) is 21.1 Å². The maximum absolute atomic E-state index is 13.3. The van der Waals surface area contributed by atoms with Crippen LogP contribution in [0.25, 0.3) is 0 Å². The fraction of sp³-hybridized carbons (Fsp3) is 0.346. The number of benzene rings is 2. The van der Waals surface area contributed by atoms with E-state index in [1.54, 1.807) is 19.1 Å². The third-order valence-electron chi connectivity index (χ3n) is 6.52. The molecule has 0 saturated carbocycles. The molecular formula is C26H28ClN3O4S. The van der Waals surface area contributed by atoms with E-state index < -0.39 is 10.0 Å². The van der Waals surface area contributed by atoms with Crippen molar-refractivity contribution in [1.82, 2.24) is 4.98 Å². The fourth-order valence-corrected chi connectivity index (χ4v) is 6.02. The Balaban J connectivity index is 1.45. The van der Waals surface area contributed by atoms with Gasteiger partial charge in [-0.3, -0.25) is 4.72 Å². The zero-order chi connectivity index (χ0) is 24.6. The molecule has 5 rings (SSSR count). The Morgan fingerprint density at radius 2 is 2.00 bits per heavy atom. The number of halogens is 1. The van der Waals surface area contributed by atoms with Crippen molar-refractivity contribution in [3.8, 4) is 11.5 Å². The normalized spacial score (nSPS) is 15.1. The van der Waals surface area contributed by atoms with Crippen LogP contribution in [0, 0.1) is 6.92 Å². The quantitative estimate of drug-likeness (QED) is 0.492. The van der Waals surface area contributed by atoms with Crippen LogP contribution in [0.2, 0.25) is 5.02 Å². The lowest BCUT2D eigenvalue weighted by Gasteiger charge is -2.28. The monoisotopic (exact) mass is 513 g/mol. The maximum atomic E-state index is 13.3. The molecule has 0 fully saturated rings. The Hall–Kier alpha value is -2.97. The predicted octanol–water partition coefficient (Wildman–Crippen LogP) is 5.13. The van der Waals surface area contributed by atoms with Gasteiger partial charge in [-0.2, -0.15) is 0 Å². The summed E-state index contributed by atoms with van der Waals surface area (Å²) in [7, 11) is -1.88. The molecular weight excluding hydrogens is 486 g/mol. The first-order chi connectivity index (χ1) is 16.8. The number of hydrogen-bond acceptors (Lipinski definition) is 6. The van der Waals surface area contributed by atoms with Crippen LogP contribution in [0.1, 0.15) is 35.2 Å². The molecule has 1 aliphatic carbocycles. The van der Waals surface area contributed by atoms with Crippen LogP contribution in [-0.2, 0) is 29.5 Å². The number of hydrogen-bond donors (Lipinski definition) is 1. The Kier molecular flexibility index (Phi) is 6.51. The highest BCUT2D eigenvalue weighted by molar-refractivity contribution is 7.92. The SMILES string of the molecule is Cc1c(Cl)cccc1S(=O)(=O)Nc1nc2c(cc1OCc1ccc3c(c1)OCCN3C)CCCC2. The van der Waals surface area contributed by atoms with Crippen molar-refractivity contribution in [3.63, 3.8) is 0 Å². The molecule has 35 heavy (non-hydrogen) atoms. The molecule has 1 aliphatic heterocycles. The first kappa shape index (κ1) is 23.8. The summed E-state index contributed by atoms with van der Waals surface area (Å²) in [5.41, 5.74) is 4.47. The van der Waals surface area contributed by atoms with Gasteiger partial charge in [0.1, 0.15) is 19.0 Å². The van der Waals surface area contributed by atoms with Gasteiger partial charge in [0.15, 0.2) is 11.6 Å². The van der Waals surface area contributed by atoms with Gasteiger partial charge in [-0.05, 0) is 79.6 Å². The number of nitrogens with zero attached hydrogens (tertiary/aromatic N) is 2. The topological polar surface area (TPSA) is 80.8 Å². The van der Waals surface area contributed by atoms with Crippen LogP contribution in [-0.4, -0.2) is 33.6 Å². The maximum Gasteiger partial charge on any atom is 0.263 e. The van der Waals surface area contributed by atoms with Crippen LogP contribution >= 0.6 is 11.6 Å². The van der Waals surface area contributed by atoms with Crippen LogP contribution in [0.15, 0.2) is 47.4 Å². The number of likely N-dealkylation sites (N-methyl/N-ethyl adjacent to an activating group) is 1. The highest BCUT2D eigenvalue weighted by Crippen LogP contribution is 2.35. The van der Waals surface area contributed by atoms with Crippen LogP contribution in [0.3, 0.4) is 0 Å². The average Bonchev–Trinajstić information content (AvgIpc) is 2.84. The summed E-state index contributed by atoms with van der Waals surface area (Å²) in [5.74, 6) is 1.42. The minimum Gasteiger partial charge on any atom is -0.490 e. The Bertz CT molecular complexity index is 1380. The zero-order valence-electron chi connectivity index (χ0n) is 19.8. The second kappa shape index (κ2) is 9.59. The van der Waals surface area contributed by atoms with Gasteiger partial charge in [0.2, 0.25) is 0 Å². The van der Waals surface area contributed by atoms with Gasteiger partial charge < -0.3 is 14.4 Å². The van der Waals surface area contributed by atoms with Crippen molar-refractivity contribution < 1.29 is 17.9 Å². The number of aromatic nitrogens is 1. The van der Waals surface area contributed by atoms with Crippen molar-refractivity contribution >= 4 is 33.1 Å². The molecule has 0 saturated heterocycles. The van der Waals surface area contributed by atoms with E-state index in [9.17, 15) is 8.42 Å². The number of ether oxygens (including phenoxy) is 2. The summed E-state index contributed by atoms with van der Waals surface area (Å²) in [5, 5.41) is 0.392. The van der Waals surface area contributed by atoms with Gasteiger partial charge in [-0.25, -0.2) is 13.4 Å². The van der Waals surface area contributed by atoms with E-state index >= 15 is 0 Å². The van der Waals surface area contributed by atoms with Gasteiger partial charge in [0.25, 0.3) is 10.0 Å². The molecule has 2 aromatic carbocycles. The summed E-state index contributed by atoms with van der Waals surface area (Å²) in [6, 6.07) is 12.7. The minimum absolute atomic E-state index is 0.117. The van der Waals surface area contributed by atoms with Crippen molar-refractivity contribution in [3.05, 3.63) is 69.9 Å². The Labute approximate surface area is 211 Å². The number of fused-ring (bicyclic) bond motifs is 2. The molecule has 9 heteroatoms. The van der Waals surface area contributed by atoms with Gasteiger partial charge >= 0.3 is 0 Å². The van der Waals surface area contributed by atoms with Gasteiger partial charge in [0.05, 0.1) is 17.1 Å². The average molecular weight is 514 g/mol. The largest absolute Gasteiger partial charge is 0.490 e. The van der Waals surface area contributed by atoms with Crippen molar-refractivity contribution in [2.45, 2.75) is 44.1 Å². The first-order valence-electron chi connectivity index (χ1n) is 11.7. The molecule has 1 N–H and O–H groups in total. The molecule has 0 spiro atoms. The van der Waals surface area contributed by atoms with Gasteiger partial charge in [0, 0.05) is 17.8 Å². The van der Waals surface area contributed by atoms with E-state index in [0.717, 1.165) is 60.5 Å². The summed E-state index contributed by atoms with van der Waals surface area (Å²) < 4.78 is 41.2. The Morgan fingerprint density at radius 3 is 2.86 bits per heavy atom. The first-order valence-corrected chi connectivity index (χ1v) is 13.6. The lowest BCUT2D eigenvalue weighted by atomic mass is 9.96. The lowest BCUT2D eigenvalue weighted by Crippen LogP contribution is -2.28. The van der Waals surface area contributed by atoms with Crippen molar-refractivity contribution in [1.29, 1.82) is 0 Å². The molecule has 0 radical (unpaired) electrons. The molecule has 2 aliphatic rings. The fourth-order valence-electron chi connectivity index (χ4n) is 4.51. The van der Waals surface area contributed by atoms with E-state index in [-0.39, 0.29) is 17.3 Å². The van der Waals surface area contributed by atoms with Gasteiger partial charge in [-0.15, -0.1) is 0 Å². The highest BCUT2D eigenvalue weighted by atomic mass is 35.5. The third kappa shape index (κ3) is 4.90. The molecule has 1 aromatic heterocycles. The van der Waals surface area contributed by atoms with E-state index in [2.05, 4.69) is 14.6 Å². The molecule has 0 amide bonds.